The molecule has 0 bridgehead atoms. The summed E-state index contributed by atoms with van der Waals surface area (Å²) in [6.07, 6.45) is 9.59. The van der Waals surface area contributed by atoms with Gasteiger partial charge in [0.05, 0.1) is 6.61 Å². The van der Waals surface area contributed by atoms with Crippen LogP contribution in [0.3, 0.4) is 0 Å². The second-order valence-corrected chi connectivity index (χ2v) is 6.18. The maximum absolute atomic E-state index is 12.3. The van der Waals surface area contributed by atoms with Gasteiger partial charge in [0, 0.05) is 5.92 Å². The fourth-order valence-electron chi connectivity index (χ4n) is 2.97. The number of allylic oxidation sites excluding steroid dienone is 2. The number of benzene rings is 1. The van der Waals surface area contributed by atoms with Crippen LogP contribution in [0.25, 0.3) is 5.57 Å². The van der Waals surface area contributed by atoms with E-state index in [1.165, 1.54) is 24.8 Å². The lowest BCUT2D eigenvalue weighted by atomic mass is 9.83. The van der Waals surface area contributed by atoms with Crippen molar-refractivity contribution in [3.8, 4) is 5.75 Å². The molecule has 0 spiro atoms. The standard InChI is InChI=1S/C20H28O2/c1-3-5-6-7-17-8-9-18(15-20(17)21)16-10-12-19(13-11-16)22-14-4-2/h10-13,15,17H,3-9,14H2,1-2H3. The van der Waals surface area contributed by atoms with Gasteiger partial charge in [-0.2, -0.15) is 0 Å². The van der Waals surface area contributed by atoms with E-state index < -0.39 is 0 Å². The maximum atomic E-state index is 12.3. The van der Waals surface area contributed by atoms with Crippen LogP contribution in [0.5, 0.6) is 5.75 Å². The lowest BCUT2D eigenvalue weighted by molar-refractivity contribution is -0.118. The molecule has 1 aromatic carbocycles. The van der Waals surface area contributed by atoms with Crippen LogP contribution in [0.1, 0.15) is 64.4 Å². The summed E-state index contributed by atoms with van der Waals surface area (Å²) < 4.78 is 5.60. The van der Waals surface area contributed by atoms with Crippen LogP contribution in [-0.4, -0.2) is 12.4 Å². The van der Waals surface area contributed by atoms with Gasteiger partial charge in [-0.25, -0.2) is 0 Å². The Kier molecular flexibility index (Phi) is 6.70. The number of carbonyl (C=O) groups is 1. The van der Waals surface area contributed by atoms with E-state index in [1.807, 2.05) is 18.2 Å². The van der Waals surface area contributed by atoms with E-state index in [-0.39, 0.29) is 5.92 Å². The second-order valence-electron chi connectivity index (χ2n) is 6.18. The van der Waals surface area contributed by atoms with Crippen molar-refractivity contribution in [3.05, 3.63) is 35.9 Å². The van der Waals surface area contributed by atoms with Crippen molar-refractivity contribution in [2.45, 2.75) is 58.8 Å². The molecule has 0 radical (unpaired) electrons. The Morgan fingerprint density at radius 3 is 2.50 bits per heavy atom. The van der Waals surface area contributed by atoms with Gasteiger partial charge in [-0.3, -0.25) is 4.79 Å². The Bertz CT molecular complexity index is 499. The molecule has 0 fully saturated rings. The molecule has 0 aliphatic heterocycles. The highest BCUT2D eigenvalue weighted by Crippen LogP contribution is 2.31. The average molecular weight is 300 g/mol. The SMILES string of the molecule is CCCCCC1CCC(c2ccc(OCCC)cc2)=CC1=O. The molecule has 2 rings (SSSR count). The van der Waals surface area contributed by atoms with E-state index in [2.05, 4.69) is 26.0 Å². The Morgan fingerprint density at radius 1 is 1.09 bits per heavy atom. The van der Waals surface area contributed by atoms with Gasteiger partial charge in [0.1, 0.15) is 5.75 Å². The van der Waals surface area contributed by atoms with Crippen molar-refractivity contribution >= 4 is 11.4 Å². The first-order valence-electron chi connectivity index (χ1n) is 8.72. The Labute approximate surface area is 134 Å². The van der Waals surface area contributed by atoms with Crippen LogP contribution in [0.4, 0.5) is 0 Å². The summed E-state index contributed by atoms with van der Waals surface area (Å²) in [4.78, 5) is 12.3. The van der Waals surface area contributed by atoms with Gasteiger partial charge in [-0.05, 0) is 55.0 Å². The zero-order valence-corrected chi connectivity index (χ0v) is 13.9. The Balaban J connectivity index is 1.95. The van der Waals surface area contributed by atoms with Gasteiger partial charge in [-0.1, -0.05) is 45.2 Å². The maximum Gasteiger partial charge on any atom is 0.159 e. The van der Waals surface area contributed by atoms with Crippen molar-refractivity contribution < 1.29 is 9.53 Å². The molecule has 0 aromatic heterocycles. The summed E-state index contributed by atoms with van der Waals surface area (Å²) in [7, 11) is 0. The molecule has 1 aliphatic rings. The number of hydrogen-bond donors (Lipinski definition) is 0. The normalized spacial score (nSPS) is 18.2. The summed E-state index contributed by atoms with van der Waals surface area (Å²) >= 11 is 0. The van der Waals surface area contributed by atoms with E-state index in [9.17, 15) is 4.79 Å². The molecular formula is C20H28O2. The largest absolute Gasteiger partial charge is 0.494 e. The number of ether oxygens (including phenoxy) is 1. The van der Waals surface area contributed by atoms with E-state index in [4.69, 9.17) is 4.74 Å². The number of unbranched alkanes of at least 4 members (excludes halogenated alkanes) is 2. The summed E-state index contributed by atoms with van der Waals surface area (Å²) in [5.74, 6) is 1.48. The minimum atomic E-state index is 0.252. The van der Waals surface area contributed by atoms with Gasteiger partial charge >= 0.3 is 0 Å². The third kappa shape index (κ3) is 4.72. The summed E-state index contributed by atoms with van der Waals surface area (Å²) in [5, 5.41) is 0. The highest BCUT2D eigenvalue weighted by Gasteiger charge is 2.22. The van der Waals surface area contributed by atoms with Crippen LogP contribution in [0, 0.1) is 5.92 Å². The van der Waals surface area contributed by atoms with Crippen molar-refractivity contribution in [1.29, 1.82) is 0 Å². The third-order valence-corrected chi connectivity index (χ3v) is 4.34. The van der Waals surface area contributed by atoms with Crippen molar-refractivity contribution in [1.82, 2.24) is 0 Å². The van der Waals surface area contributed by atoms with Gasteiger partial charge in [-0.15, -0.1) is 0 Å². The quantitative estimate of drug-likeness (QED) is 0.599. The first kappa shape index (κ1) is 16.8. The van der Waals surface area contributed by atoms with Crippen LogP contribution in [-0.2, 0) is 4.79 Å². The summed E-state index contributed by atoms with van der Waals surface area (Å²) in [6, 6.07) is 8.15. The monoisotopic (exact) mass is 300 g/mol. The number of ketones is 1. The predicted octanol–water partition coefficient (Wildman–Crippen LogP) is 5.42. The van der Waals surface area contributed by atoms with Crippen molar-refractivity contribution in [3.63, 3.8) is 0 Å². The van der Waals surface area contributed by atoms with E-state index in [0.29, 0.717) is 5.78 Å². The molecule has 2 heteroatoms. The summed E-state index contributed by atoms with van der Waals surface area (Å²) in [5.41, 5.74) is 2.34. The molecule has 0 saturated carbocycles. The van der Waals surface area contributed by atoms with E-state index in [0.717, 1.165) is 43.6 Å². The number of rotatable bonds is 8. The molecule has 1 aromatic rings. The molecule has 0 saturated heterocycles. The first-order valence-corrected chi connectivity index (χ1v) is 8.72. The predicted molar refractivity (Wildman–Crippen MR) is 92.1 cm³/mol. The smallest absolute Gasteiger partial charge is 0.159 e. The topological polar surface area (TPSA) is 26.3 Å². The van der Waals surface area contributed by atoms with Gasteiger partial charge in [0.25, 0.3) is 0 Å². The van der Waals surface area contributed by atoms with Crippen LogP contribution in [0.15, 0.2) is 30.3 Å². The summed E-state index contributed by atoms with van der Waals surface area (Å²) in [6.45, 7) is 5.05. The lowest BCUT2D eigenvalue weighted by Crippen LogP contribution is -2.17. The van der Waals surface area contributed by atoms with Crippen molar-refractivity contribution in [2.24, 2.45) is 5.92 Å². The number of hydrogen-bond acceptors (Lipinski definition) is 2. The molecule has 2 nitrogen and oxygen atoms in total. The molecule has 0 N–H and O–H groups in total. The average Bonchev–Trinajstić information content (AvgIpc) is 2.55. The molecule has 0 amide bonds. The number of carbonyl (C=O) groups excluding carboxylic acids is 1. The van der Waals surface area contributed by atoms with Crippen LogP contribution >= 0.6 is 0 Å². The molecule has 1 aliphatic carbocycles. The van der Waals surface area contributed by atoms with E-state index >= 15 is 0 Å². The van der Waals surface area contributed by atoms with Gasteiger partial charge in [0.2, 0.25) is 0 Å². The van der Waals surface area contributed by atoms with Gasteiger partial charge in [0.15, 0.2) is 5.78 Å². The molecule has 1 unspecified atom stereocenters. The zero-order valence-electron chi connectivity index (χ0n) is 13.9. The second kappa shape index (κ2) is 8.77. The lowest BCUT2D eigenvalue weighted by Gasteiger charge is -2.21. The molecule has 120 valence electrons. The minimum absolute atomic E-state index is 0.252. The van der Waals surface area contributed by atoms with E-state index in [1.54, 1.807) is 0 Å². The molecule has 22 heavy (non-hydrogen) atoms. The molecule has 1 atom stereocenters. The fraction of sp³-hybridized carbons (Fsp3) is 0.550. The zero-order chi connectivity index (χ0) is 15.8. The van der Waals surface area contributed by atoms with Gasteiger partial charge < -0.3 is 4.74 Å². The minimum Gasteiger partial charge on any atom is -0.494 e. The first-order chi connectivity index (χ1) is 10.7. The van der Waals surface area contributed by atoms with Crippen LogP contribution in [0.2, 0.25) is 0 Å². The van der Waals surface area contributed by atoms with Crippen molar-refractivity contribution in [2.75, 3.05) is 6.61 Å². The molecule has 0 heterocycles. The highest BCUT2D eigenvalue weighted by molar-refractivity contribution is 5.99. The Morgan fingerprint density at radius 2 is 1.86 bits per heavy atom. The molecular weight excluding hydrogens is 272 g/mol. The van der Waals surface area contributed by atoms with Crippen LogP contribution < -0.4 is 4.74 Å². The highest BCUT2D eigenvalue weighted by atomic mass is 16.5. The Hall–Kier alpha value is -1.57. The fourth-order valence-corrected chi connectivity index (χ4v) is 2.97. The third-order valence-electron chi connectivity index (χ3n) is 4.34.